The maximum Gasteiger partial charge on any atom is 0.325 e. The number of carboxylic acid groups (broad SMARTS) is 1. The van der Waals surface area contributed by atoms with Crippen LogP contribution in [0, 0.1) is 0 Å². The molecular formula is C14H19N5O2S. The van der Waals surface area contributed by atoms with Crippen molar-refractivity contribution in [3.63, 3.8) is 0 Å². The standard InChI is InChI=1S/C14H19N5O2S/c1-2-12-16-17-14(22-12)18-7-3-4-10(8-18)11-5-6-15-19(11)9-13(20)21/h5-6,10H,2-4,7-9H2,1H3,(H,20,21). The third kappa shape index (κ3) is 3.11. The average Bonchev–Trinajstić information content (AvgIpc) is 3.15. The summed E-state index contributed by atoms with van der Waals surface area (Å²) in [5, 5.41) is 23.6. The van der Waals surface area contributed by atoms with Gasteiger partial charge in [0.1, 0.15) is 11.6 Å². The van der Waals surface area contributed by atoms with E-state index < -0.39 is 5.97 Å². The van der Waals surface area contributed by atoms with Gasteiger partial charge < -0.3 is 10.0 Å². The summed E-state index contributed by atoms with van der Waals surface area (Å²) < 4.78 is 1.59. The minimum Gasteiger partial charge on any atom is -0.480 e. The van der Waals surface area contributed by atoms with Gasteiger partial charge in [0.2, 0.25) is 5.13 Å². The van der Waals surface area contributed by atoms with Gasteiger partial charge in [0.25, 0.3) is 0 Å². The second-order valence-electron chi connectivity index (χ2n) is 5.42. The molecule has 1 unspecified atom stereocenters. The molecule has 1 aliphatic heterocycles. The van der Waals surface area contributed by atoms with Crippen molar-refractivity contribution in [1.82, 2.24) is 20.0 Å². The lowest BCUT2D eigenvalue weighted by molar-refractivity contribution is -0.137. The number of hydrogen-bond donors (Lipinski definition) is 1. The second-order valence-corrected chi connectivity index (χ2v) is 6.47. The molecule has 0 radical (unpaired) electrons. The molecule has 0 saturated carbocycles. The maximum absolute atomic E-state index is 10.9. The SMILES string of the molecule is CCc1nnc(N2CCCC(c3ccnn3CC(=O)O)C2)s1. The van der Waals surface area contributed by atoms with Crippen molar-refractivity contribution in [2.75, 3.05) is 18.0 Å². The Balaban J connectivity index is 1.75. The van der Waals surface area contributed by atoms with Gasteiger partial charge in [-0.3, -0.25) is 9.48 Å². The van der Waals surface area contributed by atoms with Crippen LogP contribution in [0.5, 0.6) is 0 Å². The van der Waals surface area contributed by atoms with Crippen LogP contribution in [0.25, 0.3) is 0 Å². The first-order chi connectivity index (χ1) is 10.7. The first kappa shape index (κ1) is 15.0. The predicted molar refractivity (Wildman–Crippen MR) is 83.3 cm³/mol. The zero-order chi connectivity index (χ0) is 15.5. The summed E-state index contributed by atoms with van der Waals surface area (Å²) in [4.78, 5) is 13.2. The Morgan fingerprint density at radius 1 is 1.50 bits per heavy atom. The lowest BCUT2D eigenvalue weighted by Crippen LogP contribution is -2.35. The van der Waals surface area contributed by atoms with Crippen molar-refractivity contribution >= 4 is 22.4 Å². The van der Waals surface area contributed by atoms with Gasteiger partial charge >= 0.3 is 5.97 Å². The fourth-order valence-electron chi connectivity index (χ4n) is 2.86. The van der Waals surface area contributed by atoms with E-state index in [9.17, 15) is 4.79 Å². The Kier molecular flexibility index (Phi) is 4.37. The highest BCUT2D eigenvalue weighted by Gasteiger charge is 2.26. The molecule has 1 N–H and O–H groups in total. The van der Waals surface area contributed by atoms with E-state index in [1.54, 1.807) is 22.2 Å². The summed E-state index contributed by atoms with van der Waals surface area (Å²) in [5.74, 6) is -0.584. The maximum atomic E-state index is 10.9. The van der Waals surface area contributed by atoms with Crippen LogP contribution >= 0.6 is 11.3 Å². The molecule has 8 heteroatoms. The van der Waals surface area contributed by atoms with E-state index in [1.165, 1.54) is 0 Å². The fourth-order valence-corrected chi connectivity index (χ4v) is 3.67. The number of aryl methyl sites for hydroxylation is 1. The largest absolute Gasteiger partial charge is 0.480 e. The molecule has 2 aromatic rings. The number of rotatable bonds is 5. The number of anilines is 1. The van der Waals surface area contributed by atoms with E-state index in [0.29, 0.717) is 0 Å². The van der Waals surface area contributed by atoms with Gasteiger partial charge in [-0.1, -0.05) is 18.3 Å². The van der Waals surface area contributed by atoms with Crippen LogP contribution in [-0.2, 0) is 17.8 Å². The van der Waals surface area contributed by atoms with E-state index in [2.05, 4.69) is 27.1 Å². The molecule has 0 aliphatic carbocycles. The average molecular weight is 321 g/mol. The van der Waals surface area contributed by atoms with Crippen molar-refractivity contribution in [3.05, 3.63) is 23.0 Å². The monoisotopic (exact) mass is 321 g/mol. The normalized spacial score (nSPS) is 18.6. The highest BCUT2D eigenvalue weighted by atomic mass is 32.1. The topological polar surface area (TPSA) is 84.1 Å². The molecular weight excluding hydrogens is 302 g/mol. The van der Waals surface area contributed by atoms with E-state index in [0.717, 1.165) is 48.2 Å². The van der Waals surface area contributed by atoms with E-state index >= 15 is 0 Å². The molecule has 118 valence electrons. The second kappa shape index (κ2) is 6.43. The first-order valence-corrected chi connectivity index (χ1v) is 8.30. The molecule has 3 heterocycles. The number of aliphatic carboxylic acids is 1. The molecule has 0 spiro atoms. The molecule has 7 nitrogen and oxygen atoms in total. The summed E-state index contributed by atoms with van der Waals surface area (Å²) >= 11 is 1.64. The Morgan fingerprint density at radius 2 is 2.36 bits per heavy atom. The minimum atomic E-state index is -0.866. The quantitative estimate of drug-likeness (QED) is 0.903. The molecule has 0 bridgehead atoms. The number of aromatic nitrogens is 4. The van der Waals surface area contributed by atoms with E-state index in [-0.39, 0.29) is 12.5 Å². The molecule has 0 aromatic carbocycles. The summed E-state index contributed by atoms with van der Waals surface area (Å²) in [6, 6.07) is 1.93. The molecule has 3 rings (SSSR count). The van der Waals surface area contributed by atoms with Crippen LogP contribution < -0.4 is 4.90 Å². The van der Waals surface area contributed by atoms with Gasteiger partial charge in [0.05, 0.1) is 0 Å². The molecule has 1 saturated heterocycles. The Morgan fingerprint density at radius 3 is 3.09 bits per heavy atom. The lowest BCUT2D eigenvalue weighted by atomic mass is 9.95. The Labute approximate surface area is 132 Å². The smallest absolute Gasteiger partial charge is 0.325 e. The molecule has 22 heavy (non-hydrogen) atoms. The van der Waals surface area contributed by atoms with Gasteiger partial charge in [-0.2, -0.15) is 5.10 Å². The minimum absolute atomic E-state index is 0.0857. The van der Waals surface area contributed by atoms with Crippen LogP contribution in [0.15, 0.2) is 12.3 Å². The summed E-state index contributed by atoms with van der Waals surface area (Å²) in [6.45, 7) is 3.80. The molecule has 1 fully saturated rings. The fraction of sp³-hybridized carbons (Fsp3) is 0.571. The number of nitrogens with zero attached hydrogens (tertiary/aromatic N) is 5. The Hall–Kier alpha value is -1.96. The zero-order valence-corrected chi connectivity index (χ0v) is 13.3. The molecule has 1 aliphatic rings. The predicted octanol–water partition coefficient (Wildman–Crippen LogP) is 1.77. The molecule has 0 amide bonds. The molecule has 1 atom stereocenters. The van der Waals surface area contributed by atoms with Crippen molar-refractivity contribution < 1.29 is 9.90 Å². The molecule has 2 aromatic heterocycles. The van der Waals surface area contributed by atoms with Crippen LogP contribution in [-0.4, -0.2) is 44.1 Å². The summed E-state index contributed by atoms with van der Waals surface area (Å²) in [7, 11) is 0. The van der Waals surface area contributed by atoms with Gasteiger partial charge in [-0.05, 0) is 25.3 Å². The zero-order valence-electron chi connectivity index (χ0n) is 12.5. The van der Waals surface area contributed by atoms with Crippen molar-refractivity contribution in [2.45, 2.75) is 38.6 Å². The van der Waals surface area contributed by atoms with Gasteiger partial charge in [-0.15, -0.1) is 10.2 Å². The van der Waals surface area contributed by atoms with Crippen LogP contribution in [0.3, 0.4) is 0 Å². The van der Waals surface area contributed by atoms with Crippen LogP contribution in [0.2, 0.25) is 0 Å². The van der Waals surface area contributed by atoms with Crippen molar-refractivity contribution in [3.8, 4) is 0 Å². The van der Waals surface area contributed by atoms with Gasteiger partial charge in [0, 0.05) is 30.9 Å². The first-order valence-electron chi connectivity index (χ1n) is 7.48. The highest BCUT2D eigenvalue weighted by molar-refractivity contribution is 7.15. The number of carboxylic acids is 1. The third-order valence-corrected chi connectivity index (χ3v) is 5.03. The van der Waals surface area contributed by atoms with Crippen LogP contribution in [0.4, 0.5) is 5.13 Å². The van der Waals surface area contributed by atoms with Gasteiger partial charge in [-0.25, -0.2) is 0 Å². The van der Waals surface area contributed by atoms with E-state index in [1.807, 2.05) is 6.07 Å². The van der Waals surface area contributed by atoms with Crippen LogP contribution in [0.1, 0.15) is 36.4 Å². The number of piperidine rings is 1. The van der Waals surface area contributed by atoms with Crippen molar-refractivity contribution in [1.29, 1.82) is 0 Å². The summed E-state index contributed by atoms with van der Waals surface area (Å²) in [6.07, 6.45) is 4.68. The number of hydrogen-bond acceptors (Lipinski definition) is 6. The highest BCUT2D eigenvalue weighted by Crippen LogP contribution is 2.31. The third-order valence-electron chi connectivity index (χ3n) is 3.90. The van der Waals surface area contributed by atoms with Crippen molar-refractivity contribution in [2.24, 2.45) is 0 Å². The lowest BCUT2D eigenvalue weighted by Gasteiger charge is -2.32. The summed E-state index contributed by atoms with van der Waals surface area (Å²) in [5.41, 5.74) is 0.993. The van der Waals surface area contributed by atoms with Gasteiger partial charge in [0.15, 0.2) is 0 Å². The van der Waals surface area contributed by atoms with E-state index in [4.69, 9.17) is 5.11 Å². The Bertz CT molecular complexity index is 653. The number of carbonyl (C=O) groups is 1.